The van der Waals surface area contributed by atoms with E-state index in [0.29, 0.717) is 28.2 Å². The molecule has 1 aliphatic heterocycles. The van der Waals surface area contributed by atoms with E-state index >= 15 is 0 Å². The summed E-state index contributed by atoms with van der Waals surface area (Å²) < 4.78 is 12.0. The molecule has 13 heteroatoms. The normalized spacial score (nSPS) is 19.4. The van der Waals surface area contributed by atoms with Crippen LogP contribution >= 0.6 is 0 Å². The molecule has 3 amide bonds. The quantitative estimate of drug-likeness (QED) is 0.205. The average molecular weight is 581 g/mol. The van der Waals surface area contributed by atoms with Gasteiger partial charge in [-0.05, 0) is 49.4 Å². The third-order valence-electron chi connectivity index (χ3n) is 6.93. The van der Waals surface area contributed by atoms with Crippen molar-refractivity contribution < 1.29 is 23.9 Å². The molecule has 0 spiro atoms. The summed E-state index contributed by atoms with van der Waals surface area (Å²) in [5, 5.41) is 18.1. The van der Waals surface area contributed by atoms with Gasteiger partial charge in [0.1, 0.15) is 42.8 Å². The van der Waals surface area contributed by atoms with Crippen molar-refractivity contribution in [1.29, 1.82) is 5.26 Å². The third kappa shape index (κ3) is 7.54. The van der Waals surface area contributed by atoms with Crippen molar-refractivity contribution in [2.45, 2.75) is 37.5 Å². The number of ether oxygens (including phenoxy) is 2. The van der Waals surface area contributed by atoms with Crippen LogP contribution in [-0.2, 0) is 20.8 Å². The predicted molar refractivity (Wildman–Crippen MR) is 157 cm³/mol. The number of carbonyl (C=O) groups is 3. The lowest BCUT2D eigenvalue weighted by atomic mass is 9.93. The number of nitrogens with two attached hydrogens (primary N) is 3. The van der Waals surface area contributed by atoms with Crippen LogP contribution in [0.3, 0.4) is 0 Å². The van der Waals surface area contributed by atoms with E-state index in [0.717, 1.165) is 5.56 Å². The monoisotopic (exact) mass is 580 g/mol. The molecule has 9 N–H and O–H groups in total. The highest BCUT2D eigenvalue weighted by molar-refractivity contribution is 5.94. The van der Waals surface area contributed by atoms with Gasteiger partial charge in [0.05, 0.1) is 12.1 Å². The van der Waals surface area contributed by atoms with Gasteiger partial charge in [0, 0.05) is 44.2 Å². The minimum absolute atomic E-state index is 0.00806. The molecule has 0 aliphatic carbocycles. The molecule has 0 radical (unpaired) electrons. The first-order valence-electron chi connectivity index (χ1n) is 13.8. The summed E-state index contributed by atoms with van der Waals surface area (Å²) in [5.41, 5.74) is 19.7. The average Bonchev–Trinajstić information content (AvgIpc) is 2.99. The van der Waals surface area contributed by atoms with Gasteiger partial charge in [-0.2, -0.15) is 5.26 Å². The van der Waals surface area contributed by atoms with Crippen molar-refractivity contribution in [1.82, 2.24) is 20.9 Å². The zero-order chi connectivity index (χ0) is 30.8. The Morgan fingerprint density at radius 2 is 1.67 bits per heavy atom. The topological polar surface area (TPSA) is 211 Å². The molecule has 2 aromatic carbocycles. The maximum absolute atomic E-state index is 13.8. The zero-order valence-electron chi connectivity index (χ0n) is 24.2. The lowest BCUT2D eigenvalue weighted by molar-refractivity contribution is -0.141. The van der Waals surface area contributed by atoms with Gasteiger partial charge in [-0.1, -0.05) is 12.1 Å². The summed E-state index contributed by atoms with van der Waals surface area (Å²) in [6.07, 6.45) is 0.204. The van der Waals surface area contributed by atoms with E-state index in [1.165, 1.54) is 18.9 Å². The van der Waals surface area contributed by atoms with Gasteiger partial charge in [-0.25, -0.2) is 0 Å². The lowest BCUT2D eigenvalue weighted by Crippen LogP contribution is -2.54. The van der Waals surface area contributed by atoms with Crippen molar-refractivity contribution in [2.24, 2.45) is 17.2 Å². The fourth-order valence-electron chi connectivity index (χ4n) is 4.72. The number of rotatable bonds is 10. The van der Waals surface area contributed by atoms with E-state index in [9.17, 15) is 19.6 Å². The second kappa shape index (κ2) is 15.1. The highest BCUT2D eigenvalue weighted by Gasteiger charge is 2.34. The maximum Gasteiger partial charge on any atom is 0.248 e. The highest BCUT2D eigenvalue weighted by Crippen LogP contribution is 2.40. The summed E-state index contributed by atoms with van der Waals surface area (Å²) >= 11 is 0. The van der Waals surface area contributed by atoms with Gasteiger partial charge >= 0.3 is 0 Å². The first kappa shape index (κ1) is 32.3. The Balaban J connectivity index is 2.31. The molecule has 0 fully saturated rings. The standard InChI is InChI=1S/C29H40N8O5/c1-17-27(38)36-20(15-32)12-18-4-6-24(41-10-8-30)21(13-18)22-14-19(5-7-25(22)42-11-9-31)26(28(39)35-17)37(3)29(40)23(16-33)34-2/h4-7,13-14,17,20,23,26,34H,8-12,16,30-31,33H2,1-3H3,(H,35,39)(H,36,38)/t17-,20?,23-,26?/m0/s1. The van der Waals surface area contributed by atoms with Crippen LogP contribution in [0.1, 0.15) is 24.1 Å². The number of hydrogen-bond acceptors (Lipinski definition) is 10. The lowest BCUT2D eigenvalue weighted by Gasteiger charge is -2.32. The molecule has 4 atom stereocenters. The van der Waals surface area contributed by atoms with Crippen LogP contribution in [0.5, 0.6) is 11.5 Å². The van der Waals surface area contributed by atoms with Crippen LogP contribution in [0.4, 0.5) is 0 Å². The number of nitrogens with zero attached hydrogens (tertiary/aromatic N) is 2. The van der Waals surface area contributed by atoms with E-state index in [1.807, 2.05) is 12.1 Å². The molecule has 2 unspecified atom stereocenters. The molecule has 1 heterocycles. The molecule has 4 bridgehead atoms. The van der Waals surface area contributed by atoms with Crippen molar-refractivity contribution in [3.8, 4) is 28.7 Å². The molecular weight excluding hydrogens is 540 g/mol. The Morgan fingerprint density at radius 3 is 2.24 bits per heavy atom. The number of nitriles is 1. The van der Waals surface area contributed by atoms with Crippen molar-refractivity contribution in [2.75, 3.05) is 46.9 Å². The number of amides is 3. The smallest absolute Gasteiger partial charge is 0.248 e. The summed E-state index contributed by atoms with van der Waals surface area (Å²) in [6, 6.07) is 8.93. The minimum atomic E-state index is -1.15. The van der Waals surface area contributed by atoms with Crippen LogP contribution in [0, 0.1) is 11.3 Å². The van der Waals surface area contributed by atoms with Gasteiger partial charge < -0.3 is 47.5 Å². The molecule has 226 valence electrons. The third-order valence-corrected chi connectivity index (χ3v) is 6.93. The van der Waals surface area contributed by atoms with E-state index in [4.69, 9.17) is 26.7 Å². The molecule has 3 rings (SSSR count). The number of hydrogen-bond donors (Lipinski definition) is 6. The van der Waals surface area contributed by atoms with Gasteiger partial charge in [-0.3, -0.25) is 14.4 Å². The van der Waals surface area contributed by atoms with Gasteiger partial charge in [0.25, 0.3) is 0 Å². The highest BCUT2D eigenvalue weighted by atomic mass is 16.5. The van der Waals surface area contributed by atoms with Crippen molar-refractivity contribution >= 4 is 17.7 Å². The Hall–Kier alpha value is -4.22. The molecule has 2 aromatic rings. The van der Waals surface area contributed by atoms with E-state index in [-0.39, 0.29) is 39.3 Å². The minimum Gasteiger partial charge on any atom is -0.492 e. The summed E-state index contributed by atoms with van der Waals surface area (Å²) in [5.74, 6) is -0.569. The van der Waals surface area contributed by atoms with Crippen LogP contribution in [-0.4, -0.2) is 87.7 Å². The van der Waals surface area contributed by atoms with E-state index in [2.05, 4.69) is 22.0 Å². The molecule has 1 aliphatic rings. The summed E-state index contributed by atoms with van der Waals surface area (Å²) in [6.45, 7) is 2.54. The number of fused-ring (bicyclic) bond motifs is 5. The predicted octanol–water partition coefficient (Wildman–Crippen LogP) is -0.856. The Labute approximate surface area is 245 Å². The first-order valence-corrected chi connectivity index (χ1v) is 13.8. The second-order valence-corrected chi connectivity index (χ2v) is 9.91. The molecule has 0 aromatic heterocycles. The Kier molecular flexibility index (Phi) is 11.6. The van der Waals surface area contributed by atoms with Crippen LogP contribution in [0.25, 0.3) is 11.1 Å². The van der Waals surface area contributed by atoms with Gasteiger partial charge in [0.2, 0.25) is 17.7 Å². The van der Waals surface area contributed by atoms with Gasteiger partial charge in [0.15, 0.2) is 0 Å². The van der Waals surface area contributed by atoms with Crippen LogP contribution in [0.2, 0.25) is 0 Å². The van der Waals surface area contributed by atoms with Crippen LogP contribution < -0.4 is 42.6 Å². The fourth-order valence-corrected chi connectivity index (χ4v) is 4.72. The zero-order valence-corrected chi connectivity index (χ0v) is 24.2. The van der Waals surface area contributed by atoms with Crippen molar-refractivity contribution in [3.63, 3.8) is 0 Å². The molecular formula is C29H40N8O5. The van der Waals surface area contributed by atoms with Crippen molar-refractivity contribution in [3.05, 3.63) is 47.5 Å². The van der Waals surface area contributed by atoms with Crippen LogP contribution in [0.15, 0.2) is 36.4 Å². The number of carbonyl (C=O) groups excluding carboxylic acids is 3. The molecule has 0 saturated heterocycles. The largest absolute Gasteiger partial charge is 0.492 e. The SMILES string of the molecule is CN[C@@H](CN)C(=O)N(C)C1C(=O)N[C@@H](C)C(=O)NC(C#N)Cc2ccc(OCCN)c(c2)-c2cc1ccc2OCCN. The van der Waals surface area contributed by atoms with E-state index in [1.54, 1.807) is 31.3 Å². The van der Waals surface area contributed by atoms with Gasteiger partial charge in [-0.15, -0.1) is 0 Å². The molecule has 42 heavy (non-hydrogen) atoms. The molecule has 13 nitrogen and oxygen atoms in total. The number of nitrogens with one attached hydrogen (secondary N) is 3. The Bertz CT molecular complexity index is 1310. The van der Waals surface area contributed by atoms with E-state index < -0.39 is 41.9 Å². The number of likely N-dealkylation sites (N-methyl/N-ethyl adjacent to an activating group) is 2. The number of benzene rings is 2. The first-order chi connectivity index (χ1) is 20.2. The fraction of sp³-hybridized carbons (Fsp3) is 0.448. The Morgan fingerprint density at radius 1 is 1.05 bits per heavy atom. The second-order valence-electron chi connectivity index (χ2n) is 9.91. The summed E-state index contributed by atoms with van der Waals surface area (Å²) in [4.78, 5) is 41.5. The summed E-state index contributed by atoms with van der Waals surface area (Å²) in [7, 11) is 3.10. The maximum atomic E-state index is 13.8. The molecule has 0 saturated carbocycles.